The number of rotatable bonds is 1. The van der Waals surface area contributed by atoms with Crippen LogP contribution in [0.2, 0.25) is 0 Å². The molecule has 0 fully saturated rings. The van der Waals surface area contributed by atoms with Crippen LogP contribution >= 0.6 is 0 Å². The van der Waals surface area contributed by atoms with E-state index in [4.69, 9.17) is 0 Å². The van der Waals surface area contributed by atoms with Crippen molar-refractivity contribution in [2.24, 2.45) is 0 Å². The molecule has 0 aliphatic rings. The topological polar surface area (TPSA) is 30.7 Å². The highest BCUT2D eigenvalue weighted by atomic mass is 19.4. The van der Waals surface area contributed by atoms with Gasteiger partial charge in [-0.15, -0.1) is 0 Å². The molecule has 0 radical (unpaired) electrons. The molecule has 0 saturated carbocycles. The zero-order valence-electron chi connectivity index (χ0n) is 8.36. The van der Waals surface area contributed by atoms with Crippen LogP contribution in [0.5, 0.6) is 0 Å². The van der Waals surface area contributed by atoms with E-state index >= 15 is 0 Å². The van der Waals surface area contributed by atoms with Gasteiger partial charge >= 0.3 is 6.18 Å². The highest BCUT2D eigenvalue weighted by molar-refractivity contribution is 5.28. The second kappa shape index (κ2) is 3.62. The van der Waals surface area contributed by atoms with E-state index in [9.17, 15) is 13.2 Å². The van der Waals surface area contributed by atoms with Gasteiger partial charge in [0.15, 0.2) is 0 Å². The van der Waals surface area contributed by atoms with Gasteiger partial charge in [0.1, 0.15) is 11.6 Å². The Labute approximate surface area is 89.6 Å². The fourth-order valence-electron chi connectivity index (χ4n) is 1.32. The van der Waals surface area contributed by atoms with E-state index in [0.717, 1.165) is 12.3 Å². The third kappa shape index (κ3) is 1.91. The molecule has 2 aromatic rings. The van der Waals surface area contributed by atoms with E-state index in [0.29, 0.717) is 11.6 Å². The Kier molecular flexibility index (Phi) is 2.41. The predicted octanol–water partition coefficient (Wildman–Crippen LogP) is 2.59. The predicted molar refractivity (Wildman–Crippen MR) is 51.1 cm³/mol. The Bertz CT molecular complexity index is 485. The Morgan fingerprint density at radius 2 is 1.94 bits per heavy atom. The normalized spacial score (nSPS) is 11.8. The lowest BCUT2D eigenvalue weighted by Gasteiger charge is -2.07. The first-order valence-electron chi connectivity index (χ1n) is 4.52. The zero-order chi connectivity index (χ0) is 11.8. The van der Waals surface area contributed by atoms with Crippen molar-refractivity contribution >= 4 is 0 Å². The van der Waals surface area contributed by atoms with Crippen LogP contribution in [0.3, 0.4) is 0 Å². The number of halogens is 3. The summed E-state index contributed by atoms with van der Waals surface area (Å²) in [5, 5.41) is 0. The molecule has 0 unspecified atom stereocenters. The van der Waals surface area contributed by atoms with Crippen LogP contribution in [0.4, 0.5) is 13.2 Å². The van der Waals surface area contributed by atoms with E-state index in [2.05, 4.69) is 9.97 Å². The van der Waals surface area contributed by atoms with E-state index < -0.39 is 11.7 Å². The van der Waals surface area contributed by atoms with Gasteiger partial charge in [-0.1, -0.05) is 0 Å². The Morgan fingerprint density at radius 1 is 1.19 bits per heavy atom. The van der Waals surface area contributed by atoms with Crippen molar-refractivity contribution in [2.75, 3.05) is 0 Å². The lowest BCUT2D eigenvalue weighted by Crippen LogP contribution is -2.07. The van der Waals surface area contributed by atoms with E-state index in [1.165, 1.54) is 6.07 Å². The minimum atomic E-state index is -4.35. The minimum absolute atomic E-state index is 0.419. The molecule has 6 heteroatoms. The Morgan fingerprint density at radius 3 is 2.38 bits per heavy atom. The van der Waals surface area contributed by atoms with Gasteiger partial charge in [-0.2, -0.15) is 13.2 Å². The molecule has 2 heterocycles. The van der Waals surface area contributed by atoms with Crippen LogP contribution in [0, 0.1) is 6.92 Å². The molecule has 2 rings (SSSR count). The minimum Gasteiger partial charge on any atom is -0.288 e. The molecule has 0 N–H and O–H groups in total. The van der Waals surface area contributed by atoms with Gasteiger partial charge in [0, 0.05) is 18.6 Å². The summed E-state index contributed by atoms with van der Waals surface area (Å²) >= 11 is 0. The Hall–Kier alpha value is -1.85. The second-order valence-electron chi connectivity index (χ2n) is 3.25. The SMILES string of the molecule is Cc1nccn1-c1ccc(C(F)(F)F)cn1. The summed E-state index contributed by atoms with van der Waals surface area (Å²) in [6, 6.07) is 2.32. The molecular weight excluding hydrogens is 219 g/mol. The third-order valence-corrected chi connectivity index (χ3v) is 2.15. The van der Waals surface area contributed by atoms with Crippen molar-refractivity contribution < 1.29 is 13.2 Å². The summed E-state index contributed by atoms with van der Waals surface area (Å²) < 4.78 is 38.5. The van der Waals surface area contributed by atoms with Gasteiger partial charge < -0.3 is 0 Å². The maximum atomic E-state index is 12.3. The zero-order valence-corrected chi connectivity index (χ0v) is 8.36. The van der Waals surface area contributed by atoms with Gasteiger partial charge in [-0.25, -0.2) is 9.97 Å². The van der Waals surface area contributed by atoms with Crippen LogP contribution in [0.1, 0.15) is 11.4 Å². The first-order valence-corrected chi connectivity index (χ1v) is 4.52. The molecule has 0 amide bonds. The van der Waals surface area contributed by atoms with E-state index in [-0.39, 0.29) is 0 Å². The van der Waals surface area contributed by atoms with Crippen molar-refractivity contribution in [3.63, 3.8) is 0 Å². The highest BCUT2D eigenvalue weighted by Crippen LogP contribution is 2.28. The molecule has 0 aliphatic carbocycles. The molecule has 0 aliphatic heterocycles. The average molecular weight is 227 g/mol. The second-order valence-corrected chi connectivity index (χ2v) is 3.25. The summed E-state index contributed by atoms with van der Waals surface area (Å²) in [4.78, 5) is 7.72. The molecule has 0 aromatic carbocycles. The standard InChI is InChI=1S/C10H8F3N3/c1-7-14-4-5-16(7)9-3-2-8(6-15-9)10(11,12)13/h2-6H,1H3. The van der Waals surface area contributed by atoms with Gasteiger partial charge in [0.05, 0.1) is 5.56 Å². The average Bonchev–Trinajstić information content (AvgIpc) is 2.63. The molecule has 0 saturated heterocycles. The van der Waals surface area contributed by atoms with Gasteiger partial charge in [-0.05, 0) is 19.1 Å². The summed E-state index contributed by atoms with van der Waals surface area (Å²) in [5.74, 6) is 1.09. The maximum absolute atomic E-state index is 12.3. The van der Waals surface area contributed by atoms with Crippen LogP contribution in [0.15, 0.2) is 30.7 Å². The number of imidazole rings is 1. The molecule has 84 valence electrons. The monoisotopic (exact) mass is 227 g/mol. The highest BCUT2D eigenvalue weighted by Gasteiger charge is 2.30. The maximum Gasteiger partial charge on any atom is 0.417 e. The first-order chi connectivity index (χ1) is 7.48. The van der Waals surface area contributed by atoms with Crippen LogP contribution in [0.25, 0.3) is 5.82 Å². The Balaban J connectivity index is 2.37. The van der Waals surface area contributed by atoms with Crippen molar-refractivity contribution in [3.8, 4) is 5.82 Å². The smallest absolute Gasteiger partial charge is 0.288 e. The molecule has 3 nitrogen and oxygen atoms in total. The number of hydrogen-bond acceptors (Lipinski definition) is 2. The fraction of sp³-hybridized carbons (Fsp3) is 0.200. The van der Waals surface area contributed by atoms with E-state index in [1.54, 1.807) is 23.9 Å². The van der Waals surface area contributed by atoms with Gasteiger partial charge in [0.25, 0.3) is 0 Å². The quantitative estimate of drug-likeness (QED) is 0.749. The van der Waals surface area contributed by atoms with Crippen molar-refractivity contribution in [2.45, 2.75) is 13.1 Å². The molecule has 0 atom stereocenters. The summed E-state index contributed by atoms with van der Waals surface area (Å²) in [6.45, 7) is 1.75. The summed E-state index contributed by atoms with van der Waals surface area (Å²) in [6.07, 6.45) is -0.329. The number of aryl methyl sites for hydroxylation is 1. The van der Waals surface area contributed by atoms with Gasteiger partial charge in [-0.3, -0.25) is 4.57 Å². The van der Waals surface area contributed by atoms with Crippen molar-refractivity contribution in [1.29, 1.82) is 0 Å². The van der Waals surface area contributed by atoms with Gasteiger partial charge in [0.2, 0.25) is 0 Å². The fourth-order valence-corrected chi connectivity index (χ4v) is 1.32. The molecular formula is C10H8F3N3. The number of hydrogen-bond donors (Lipinski definition) is 0. The number of alkyl halides is 3. The van der Waals surface area contributed by atoms with Crippen LogP contribution in [-0.4, -0.2) is 14.5 Å². The molecule has 16 heavy (non-hydrogen) atoms. The van der Waals surface area contributed by atoms with Crippen LogP contribution < -0.4 is 0 Å². The molecule has 0 bridgehead atoms. The van der Waals surface area contributed by atoms with Crippen molar-refractivity contribution in [3.05, 3.63) is 42.1 Å². The summed E-state index contributed by atoms with van der Waals surface area (Å²) in [5.41, 5.74) is -0.756. The third-order valence-electron chi connectivity index (χ3n) is 2.15. The van der Waals surface area contributed by atoms with E-state index in [1.807, 2.05) is 0 Å². The largest absolute Gasteiger partial charge is 0.417 e. The first kappa shape index (κ1) is 10.7. The van der Waals surface area contributed by atoms with Crippen LogP contribution in [-0.2, 0) is 6.18 Å². The lowest BCUT2D eigenvalue weighted by atomic mass is 10.3. The summed E-state index contributed by atoms with van der Waals surface area (Å²) in [7, 11) is 0. The molecule has 0 spiro atoms. The number of pyridine rings is 1. The number of nitrogens with zero attached hydrogens (tertiary/aromatic N) is 3. The number of aromatic nitrogens is 3. The van der Waals surface area contributed by atoms with Crippen molar-refractivity contribution in [1.82, 2.24) is 14.5 Å². The molecule has 2 aromatic heterocycles. The lowest BCUT2D eigenvalue weighted by molar-refractivity contribution is -0.137.